The van der Waals surface area contributed by atoms with E-state index in [9.17, 15) is 18.3 Å². The molecule has 0 bridgehead atoms. The molecule has 0 amide bonds. The van der Waals surface area contributed by atoms with Gasteiger partial charge in [0.1, 0.15) is 5.82 Å². The zero-order valence-corrected chi connectivity index (χ0v) is 11.2. The van der Waals surface area contributed by atoms with Gasteiger partial charge in [-0.2, -0.15) is 0 Å². The number of halogens is 4. The number of benzene rings is 1. The van der Waals surface area contributed by atoms with Crippen LogP contribution in [0.25, 0.3) is 0 Å². The van der Waals surface area contributed by atoms with Crippen LogP contribution in [0.2, 0.25) is 0 Å². The van der Waals surface area contributed by atoms with Gasteiger partial charge in [0.15, 0.2) is 11.6 Å². The smallest absolute Gasteiger partial charge is 0.161 e. The average molecular weight is 284 g/mol. The van der Waals surface area contributed by atoms with Crippen molar-refractivity contribution in [2.45, 2.75) is 32.9 Å². The maximum absolute atomic E-state index is 13.4. The van der Waals surface area contributed by atoms with E-state index in [1.54, 1.807) is 20.8 Å². The van der Waals surface area contributed by atoms with Gasteiger partial charge in [-0.3, -0.25) is 0 Å². The van der Waals surface area contributed by atoms with Gasteiger partial charge in [0.25, 0.3) is 0 Å². The van der Waals surface area contributed by atoms with E-state index in [4.69, 9.17) is 5.73 Å². The molecule has 0 aliphatic rings. The summed E-state index contributed by atoms with van der Waals surface area (Å²) in [5.74, 6) is -3.42. The molecule has 0 saturated heterocycles. The van der Waals surface area contributed by atoms with Crippen LogP contribution in [0.4, 0.5) is 13.2 Å². The van der Waals surface area contributed by atoms with E-state index < -0.39 is 35.0 Å². The van der Waals surface area contributed by atoms with E-state index in [0.29, 0.717) is 12.1 Å². The van der Waals surface area contributed by atoms with Crippen molar-refractivity contribution in [2.75, 3.05) is 0 Å². The first-order valence-corrected chi connectivity index (χ1v) is 5.22. The van der Waals surface area contributed by atoms with Crippen LogP contribution in [0, 0.1) is 22.9 Å². The van der Waals surface area contributed by atoms with E-state index >= 15 is 0 Å². The second-order valence-corrected chi connectivity index (χ2v) is 5.12. The maximum atomic E-state index is 13.4. The number of nitrogens with two attached hydrogens (primary N) is 1. The zero-order chi connectivity index (χ0) is 13.4. The van der Waals surface area contributed by atoms with Gasteiger partial charge >= 0.3 is 0 Å². The fraction of sp³-hybridized carbons (Fsp3) is 0.500. The summed E-state index contributed by atoms with van der Waals surface area (Å²) in [4.78, 5) is 0. The van der Waals surface area contributed by atoms with E-state index in [2.05, 4.69) is 0 Å². The van der Waals surface area contributed by atoms with Gasteiger partial charge in [-0.15, -0.1) is 12.4 Å². The number of rotatable bonds is 2. The van der Waals surface area contributed by atoms with Gasteiger partial charge in [0.2, 0.25) is 0 Å². The van der Waals surface area contributed by atoms with Crippen LogP contribution in [0.5, 0.6) is 0 Å². The first-order chi connectivity index (χ1) is 7.64. The molecule has 2 nitrogen and oxygen atoms in total. The topological polar surface area (TPSA) is 46.2 Å². The summed E-state index contributed by atoms with van der Waals surface area (Å²) >= 11 is 0. The van der Waals surface area contributed by atoms with Gasteiger partial charge in [-0.05, 0) is 11.5 Å². The first kappa shape index (κ1) is 17.2. The molecule has 0 saturated carbocycles. The number of hydrogen-bond donors (Lipinski definition) is 2. The summed E-state index contributed by atoms with van der Waals surface area (Å²) in [6.07, 6.45) is -1.07. The third kappa shape index (κ3) is 3.60. The second kappa shape index (κ2) is 5.91. The molecule has 0 aromatic heterocycles. The molecule has 0 fully saturated rings. The molecule has 0 aliphatic heterocycles. The molecular formula is C12H17ClF3NO. The average Bonchev–Trinajstić information content (AvgIpc) is 2.20. The second-order valence-electron chi connectivity index (χ2n) is 5.12. The van der Waals surface area contributed by atoms with Crippen LogP contribution in [-0.4, -0.2) is 11.2 Å². The third-order valence-corrected chi connectivity index (χ3v) is 2.63. The van der Waals surface area contributed by atoms with Gasteiger partial charge < -0.3 is 10.8 Å². The van der Waals surface area contributed by atoms with Crippen molar-refractivity contribution in [3.63, 3.8) is 0 Å². The summed E-state index contributed by atoms with van der Waals surface area (Å²) in [6, 6.07) is 0.00889. The molecule has 1 aromatic rings. The Morgan fingerprint density at radius 3 is 1.94 bits per heavy atom. The summed E-state index contributed by atoms with van der Waals surface area (Å²) in [7, 11) is 0. The van der Waals surface area contributed by atoms with E-state index in [1.165, 1.54) is 0 Å². The monoisotopic (exact) mass is 283 g/mol. The van der Waals surface area contributed by atoms with Gasteiger partial charge in [0, 0.05) is 11.6 Å². The molecule has 3 N–H and O–H groups in total. The molecular weight excluding hydrogens is 267 g/mol. The van der Waals surface area contributed by atoms with Crippen molar-refractivity contribution < 1.29 is 18.3 Å². The van der Waals surface area contributed by atoms with Crippen LogP contribution in [0.1, 0.15) is 32.4 Å². The molecule has 104 valence electrons. The fourth-order valence-corrected chi connectivity index (χ4v) is 1.50. The summed E-state index contributed by atoms with van der Waals surface area (Å²) < 4.78 is 39.2. The van der Waals surface area contributed by atoms with Crippen LogP contribution in [0.3, 0.4) is 0 Å². The van der Waals surface area contributed by atoms with Crippen molar-refractivity contribution >= 4 is 12.4 Å². The van der Waals surface area contributed by atoms with E-state index in [1.807, 2.05) is 0 Å². The Hall–Kier alpha value is -0.780. The zero-order valence-electron chi connectivity index (χ0n) is 10.4. The predicted molar refractivity (Wildman–Crippen MR) is 66.0 cm³/mol. The number of aliphatic hydroxyl groups is 1. The summed E-state index contributed by atoms with van der Waals surface area (Å²) in [5, 5.41) is 9.88. The van der Waals surface area contributed by atoms with Gasteiger partial charge in [0.05, 0.1) is 12.1 Å². The molecule has 0 heterocycles. The largest absolute Gasteiger partial charge is 0.391 e. The maximum Gasteiger partial charge on any atom is 0.161 e. The Morgan fingerprint density at radius 1 is 1.06 bits per heavy atom. The standard InChI is InChI=1S/C12H16F3NO.ClH/c1-12(2,3)11(17)10(16)6-4-8(14)9(15)5-7(6)13;/h4-5,10-11,17H,16H2,1-3H3;1H/t10-,11-;/m0./s1. The van der Waals surface area contributed by atoms with E-state index in [-0.39, 0.29) is 18.0 Å². The lowest BCUT2D eigenvalue weighted by Gasteiger charge is -2.31. The highest BCUT2D eigenvalue weighted by Crippen LogP contribution is 2.30. The van der Waals surface area contributed by atoms with Crippen molar-refractivity contribution in [3.8, 4) is 0 Å². The highest BCUT2D eigenvalue weighted by Gasteiger charge is 2.31. The van der Waals surface area contributed by atoms with Crippen LogP contribution < -0.4 is 5.73 Å². The minimum absolute atomic E-state index is 0. The van der Waals surface area contributed by atoms with Crippen LogP contribution in [0.15, 0.2) is 12.1 Å². The lowest BCUT2D eigenvalue weighted by molar-refractivity contribution is 0.0390. The normalized spacial score (nSPS) is 14.9. The van der Waals surface area contributed by atoms with Crippen molar-refractivity contribution in [1.29, 1.82) is 0 Å². The molecule has 18 heavy (non-hydrogen) atoms. The van der Waals surface area contributed by atoms with Crippen LogP contribution in [-0.2, 0) is 0 Å². The van der Waals surface area contributed by atoms with Crippen molar-refractivity contribution in [3.05, 3.63) is 35.1 Å². The fourth-order valence-electron chi connectivity index (χ4n) is 1.50. The Balaban J connectivity index is 0.00000289. The first-order valence-electron chi connectivity index (χ1n) is 5.22. The minimum Gasteiger partial charge on any atom is -0.391 e. The molecule has 0 spiro atoms. The Kier molecular flexibility index (Phi) is 5.65. The Labute approximate surface area is 110 Å². The minimum atomic E-state index is -1.27. The van der Waals surface area contributed by atoms with E-state index in [0.717, 1.165) is 0 Å². The van der Waals surface area contributed by atoms with Gasteiger partial charge in [-0.1, -0.05) is 20.8 Å². The third-order valence-electron chi connectivity index (χ3n) is 2.63. The van der Waals surface area contributed by atoms with Crippen molar-refractivity contribution in [1.82, 2.24) is 0 Å². The predicted octanol–water partition coefficient (Wildman–Crippen LogP) is 2.93. The Bertz CT molecular complexity index is 421. The molecule has 0 unspecified atom stereocenters. The number of hydrogen-bond acceptors (Lipinski definition) is 2. The summed E-state index contributed by atoms with van der Waals surface area (Å²) in [6.45, 7) is 5.15. The molecule has 0 aliphatic carbocycles. The highest BCUT2D eigenvalue weighted by molar-refractivity contribution is 5.85. The Morgan fingerprint density at radius 2 is 1.50 bits per heavy atom. The molecule has 2 atom stereocenters. The summed E-state index contributed by atoms with van der Waals surface area (Å²) in [5.41, 5.74) is 4.85. The SMILES string of the molecule is CC(C)(C)[C@@H](O)[C@@H](N)c1cc(F)c(F)cc1F.Cl. The molecule has 1 rings (SSSR count). The lowest BCUT2D eigenvalue weighted by Crippen LogP contribution is -2.37. The van der Waals surface area contributed by atoms with Crippen LogP contribution >= 0.6 is 12.4 Å². The molecule has 6 heteroatoms. The lowest BCUT2D eigenvalue weighted by atomic mass is 9.82. The molecule has 0 radical (unpaired) electrons. The molecule has 1 aromatic carbocycles. The van der Waals surface area contributed by atoms with Gasteiger partial charge in [-0.25, -0.2) is 13.2 Å². The highest BCUT2D eigenvalue weighted by atomic mass is 35.5. The van der Waals surface area contributed by atoms with Crippen molar-refractivity contribution in [2.24, 2.45) is 11.1 Å². The number of aliphatic hydroxyl groups excluding tert-OH is 1. The quantitative estimate of drug-likeness (QED) is 0.820.